The quantitative estimate of drug-likeness (QED) is 0.806. The predicted molar refractivity (Wildman–Crippen MR) is 92.2 cm³/mol. The molecule has 1 fully saturated rings. The number of benzene rings is 1. The Bertz CT molecular complexity index is 895. The summed E-state index contributed by atoms with van der Waals surface area (Å²) in [5.74, 6) is -1.93. The molecule has 1 aromatic carbocycles. The molecular formula is C18H19F3N2O2S. The van der Waals surface area contributed by atoms with E-state index in [-0.39, 0.29) is 17.7 Å². The highest BCUT2D eigenvalue weighted by Gasteiger charge is 2.48. The van der Waals surface area contributed by atoms with Crippen molar-refractivity contribution in [3.8, 4) is 0 Å². The highest BCUT2D eigenvalue weighted by Crippen LogP contribution is 2.40. The summed E-state index contributed by atoms with van der Waals surface area (Å²) in [5, 5.41) is -2.52. The van der Waals surface area contributed by atoms with Gasteiger partial charge in [0.25, 0.3) is 0 Å². The topological polar surface area (TPSA) is 50.3 Å². The van der Waals surface area contributed by atoms with Crippen molar-refractivity contribution in [2.75, 3.05) is 18.0 Å². The summed E-state index contributed by atoms with van der Waals surface area (Å²) in [4.78, 5) is 5.28. The maximum Gasteiger partial charge on any atom is 0.215 e. The molecule has 8 heteroatoms. The molecule has 1 atom stereocenters. The molecule has 2 aromatic rings. The largest absolute Gasteiger partial charge is 0.370 e. The minimum atomic E-state index is -4.35. The summed E-state index contributed by atoms with van der Waals surface area (Å²) in [6, 6.07) is 5.73. The Balaban J connectivity index is 1.77. The molecule has 2 heterocycles. The number of pyridine rings is 1. The van der Waals surface area contributed by atoms with Gasteiger partial charge >= 0.3 is 0 Å². The van der Waals surface area contributed by atoms with Gasteiger partial charge in [-0.3, -0.25) is 4.98 Å². The third kappa shape index (κ3) is 3.42. The molecule has 0 amide bonds. The Kier molecular flexibility index (Phi) is 4.96. The minimum Gasteiger partial charge on any atom is -0.370 e. The van der Waals surface area contributed by atoms with Crippen LogP contribution in [0.4, 0.5) is 18.9 Å². The van der Waals surface area contributed by atoms with Crippen LogP contribution in [-0.4, -0.2) is 31.5 Å². The number of hydrogen-bond acceptors (Lipinski definition) is 4. The van der Waals surface area contributed by atoms with Crippen molar-refractivity contribution in [3.05, 3.63) is 54.4 Å². The lowest BCUT2D eigenvalue weighted by molar-refractivity contribution is 0.166. The number of nitrogens with zero attached hydrogens (tertiary/aromatic N) is 2. The van der Waals surface area contributed by atoms with Gasteiger partial charge in [0.15, 0.2) is 0 Å². The van der Waals surface area contributed by atoms with Crippen molar-refractivity contribution in [2.24, 2.45) is 5.92 Å². The lowest BCUT2D eigenvalue weighted by Gasteiger charge is -2.38. The third-order valence-electron chi connectivity index (χ3n) is 4.91. The number of aromatic nitrogens is 1. The fourth-order valence-electron chi connectivity index (χ4n) is 3.31. The Morgan fingerprint density at radius 2 is 1.81 bits per heavy atom. The molecule has 1 aliphatic rings. The van der Waals surface area contributed by atoms with Crippen LogP contribution in [0.25, 0.3) is 0 Å². The van der Waals surface area contributed by atoms with Crippen molar-refractivity contribution >= 4 is 15.5 Å². The fraction of sp³-hybridized carbons (Fsp3) is 0.389. The zero-order chi connectivity index (χ0) is 18.9. The van der Waals surface area contributed by atoms with Crippen LogP contribution in [0.15, 0.2) is 47.6 Å². The molecule has 140 valence electrons. The molecule has 0 bridgehead atoms. The number of piperidine rings is 1. The first-order valence-electron chi connectivity index (χ1n) is 8.26. The number of anilines is 1. The van der Waals surface area contributed by atoms with Gasteiger partial charge in [-0.2, -0.15) is 0 Å². The van der Waals surface area contributed by atoms with E-state index in [1.807, 2.05) is 4.90 Å². The smallest absolute Gasteiger partial charge is 0.215 e. The molecule has 0 saturated carbocycles. The van der Waals surface area contributed by atoms with Gasteiger partial charge in [0, 0.05) is 25.1 Å². The normalized spacial score (nSPS) is 18.5. The summed E-state index contributed by atoms with van der Waals surface area (Å²) >= 11 is 0. The van der Waals surface area contributed by atoms with Crippen molar-refractivity contribution in [2.45, 2.75) is 29.7 Å². The molecule has 3 rings (SSSR count). The van der Waals surface area contributed by atoms with E-state index in [1.54, 1.807) is 0 Å². The van der Waals surface area contributed by atoms with Crippen LogP contribution in [0.3, 0.4) is 0 Å². The highest BCUT2D eigenvalue weighted by atomic mass is 32.2. The lowest BCUT2D eigenvalue weighted by atomic mass is 9.92. The second kappa shape index (κ2) is 6.90. The summed E-state index contributed by atoms with van der Waals surface area (Å²) < 4.78 is 67.4. The monoisotopic (exact) mass is 384 g/mol. The van der Waals surface area contributed by atoms with Gasteiger partial charge in [-0.05, 0) is 38.0 Å². The summed E-state index contributed by atoms with van der Waals surface area (Å²) in [6.07, 6.45) is 3.16. The van der Waals surface area contributed by atoms with Gasteiger partial charge < -0.3 is 4.90 Å². The van der Waals surface area contributed by atoms with E-state index in [2.05, 4.69) is 4.98 Å². The second-order valence-electron chi connectivity index (χ2n) is 6.57. The number of sulfone groups is 1. The first kappa shape index (κ1) is 18.7. The summed E-state index contributed by atoms with van der Waals surface area (Å²) in [6.45, 7) is 1.80. The Morgan fingerprint density at radius 1 is 1.12 bits per heavy atom. The standard InChI is InChI=1S/C18H19F3N2O2S/c1-18(21,26(24,25)17-4-2-3-14(19)10-17)13-5-7-23(8-6-13)16-9-15(20)11-22-12-16/h2-4,9-13H,5-8H2,1H3. The maximum absolute atomic E-state index is 15.4. The number of alkyl halides is 1. The zero-order valence-electron chi connectivity index (χ0n) is 14.2. The second-order valence-corrected chi connectivity index (χ2v) is 8.85. The van der Waals surface area contributed by atoms with E-state index in [9.17, 15) is 17.2 Å². The molecule has 0 radical (unpaired) electrons. The van der Waals surface area contributed by atoms with Gasteiger partial charge in [0.2, 0.25) is 14.8 Å². The van der Waals surface area contributed by atoms with Gasteiger partial charge in [-0.1, -0.05) is 6.07 Å². The van der Waals surface area contributed by atoms with Crippen molar-refractivity contribution < 1.29 is 21.6 Å². The molecule has 0 aliphatic carbocycles. The molecule has 1 aliphatic heterocycles. The van der Waals surface area contributed by atoms with E-state index < -0.39 is 32.4 Å². The minimum absolute atomic E-state index is 0.276. The van der Waals surface area contributed by atoms with Crippen molar-refractivity contribution in [1.29, 1.82) is 0 Å². The molecule has 0 N–H and O–H groups in total. The third-order valence-corrected chi connectivity index (χ3v) is 7.17. The first-order valence-corrected chi connectivity index (χ1v) is 9.75. The van der Waals surface area contributed by atoms with Gasteiger partial charge in [0.05, 0.1) is 23.0 Å². The van der Waals surface area contributed by atoms with Crippen LogP contribution < -0.4 is 4.90 Å². The van der Waals surface area contributed by atoms with E-state index >= 15 is 4.39 Å². The fourth-order valence-corrected chi connectivity index (χ4v) is 4.97. The maximum atomic E-state index is 15.4. The molecule has 0 spiro atoms. The summed E-state index contributed by atoms with van der Waals surface area (Å²) in [7, 11) is -4.35. The van der Waals surface area contributed by atoms with Crippen LogP contribution in [0.5, 0.6) is 0 Å². The zero-order valence-corrected chi connectivity index (χ0v) is 15.0. The Labute approximate surface area is 150 Å². The Hall–Kier alpha value is -2.09. The van der Waals surface area contributed by atoms with Crippen LogP contribution >= 0.6 is 0 Å². The molecule has 4 nitrogen and oxygen atoms in total. The number of rotatable bonds is 4. The molecule has 26 heavy (non-hydrogen) atoms. The number of hydrogen-bond donors (Lipinski definition) is 0. The average molecular weight is 384 g/mol. The van der Waals surface area contributed by atoms with Crippen molar-refractivity contribution in [3.63, 3.8) is 0 Å². The van der Waals surface area contributed by atoms with Crippen LogP contribution in [0.1, 0.15) is 19.8 Å². The average Bonchev–Trinajstić information content (AvgIpc) is 2.61. The Morgan fingerprint density at radius 3 is 2.42 bits per heavy atom. The molecule has 1 saturated heterocycles. The molecule has 1 aromatic heterocycles. The van der Waals surface area contributed by atoms with Gasteiger partial charge in [0.1, 0.15) is 11.6 Å². The van der Waals surface area contributed by atoms with Crippen molar-refractivity contribution in [1.82, 2.24) is 4.98 Å². The van der Waals surface area contributed by atoms with Crippen LogP contribution in [0.2, 0.25) is 0 Å². The van der Waals surface area contributed by atoms with Gasteiger partial charge in [-0.15, -0.1) is 0 Å². The van der Waals surface area contributed by atoms with Crippen LogP contribution in [-0.2, 0) is 9.84 Å². The summed E-state index contributed by atoms with van der Waals surface area (Å²) in [5.41, 5.74) is 0.581. The van der Waals surface area contributed by atoms with E-state index in [4.69, 9.17) is 0 Å². The van der Waals surface area contributed by atoms with E-state index in [0.717, 1.165) is 25.3 Å². The van der Waals surface area contributed by atoms with Crippen LogP contribution in [0, 0.1) is 17.6 Å². The van der Waals surface area contributed by atoms with E-state index in [1.165, 1.54) is 24.4 Å². The molecular weight excluding hydrogens is 365 g/mol. The van der Waals surface area contributed by atoms with E-state index in [0.29, 0.717) is 18.8 Å². The SMILES string of the molecule is CC(F)(C1CCN(c2cncc(F)c2)CC1)S(=O)(=O)c1cccc(F)c1. The highest BCUT2D eigenvalue weighted by molar-refractivity contribution is 7.92. The predicted octanol–water partition coefficient (Wildman–Crippen LogP) is 3.74. The molecule has 1 unspecified atom stereocenters. The lowest BCUT2D eigenvalue weighted by Crippen LogP contribution is -2.45. The first-order chi connectivity index (χ1) is 12.2. The van der Waals surface area contributed by atoms with Gasteiger partial charge in [-0.25, -0.2) is 21.6 Å². The number of halogens is 3.